The summed E-state index contributed by atoms with van der Waals surface area (Å²) in [5, 5.41) is 3.34. The van der Waals surface area contributed by atoms with Gasteiger partial charge >= 0.3 is 0 Å². The average Bonchev–Trinajstić information content (AvgIpc) is 3.16. The number of nitrogens with one attached hydrogen (secondary N) is 1. The number of likely N-dealkylation sites (N-methyl/N-ethyl adjacent to an activating group) is 1. The number of fused-ring (bicyclic) bond motifs is 1. The van der Waals surface area contributed by atoms with Gasteiger partial charge in [-0.2, -0.15) is 0 Å². The van der Waals surface area contributed by atoms with Crippen molar-refractivity contribution < 1.29 is 9.53 Å². The van der Waals surface area contributed by atoms with Gasteiger partial charge in [-0.25, -0.2) is 0 Å². The molecule has 1 aromatic carbocycles. The first kappa shape index (κ1) is 10.6. The number of carbonyl (C=O) groups excluding carboxylic acids is 1. The van der Waals surface area contributed by atoms with Crippen molar-refractivity contribution in [3.8, 4) is 5.75 Å². The molecule has 0 aromatic heterocycles. The number of anilines is 1. The van der Waals surface area contributed by atoms with Crippen LogP contribution in [0.4, 0.5) is 5.69 Å². The number of para-hydroxylation sites is 2. The smallest absolute Gasteiger partial charge is 0.269 e. The Morgan fingerprint density at radius 2 is 2.18 bits per heavy atom. The lowest BCUT2D eigenvalue weighted by molar-refractivity contribution is -0.125. The second-order valence-electron chi connectivity index (χ2n) is 4.65. The molecule has 1 saturated carbocycles. The minimum atomic E-state index is -0.393. The van der Waals surface area contributed by atoms with Crippen LogP contribution in [0.1, 0.15) is 12.8 Å². The molecule has 1 heterocycles. The SMILES string of the molecule is CN1C(=O)C(CNC2CC2)Oc2ccccc21. The highest BCUT2D eigenvalue weighted by molar-refractivity contribution is 5.99. The van der Waals surface area contributed by atoms with Crippen molar-refractivity contribution in [2.75, 3.05) is 18.5 Å². The fourth-order valence-electron chi connectivity index (χ4n) is 2.06. The summed E-state index contributed by atoms with van der Waals surface area (Å²) < 4.78 is 5.74. The van der Waals surface area contributed by atoms with Crippen LogP contribution < -0.4 is 15.0 Å². The van der Waals surface area contributed by atoms with E-state index in [4.69, 9.17) is 4.74 Å². The molecule has 0 radical (unpaired) electrons. The van der Waals surface area contributed by atoms with Crippen molar-refractivity contribution in [3.63, 3.8) is 0 Å². The van der Waals surface area contributed by atoms with Gasteiger partial charge in [0.15, 0.2) is 6.10 Å². The third-order valence-electron chi connectivity index (χ3n) is 3.27. The van der Waals surface area contributed by atoms with E-state index < -0.39 is 6.10 Å². The summed E-state index contributed by atoms with van der Waals surface area (Å²) in [6.07, 6.45) is 2.04. The lowest BCUT2D eigenvalue weighted by Gasteiger charge is -2.32. The van der Waals surface area contributed by atoms with Gasteiger partial charge in [0.2, 0.25) is 0 Å². The quantitative estimate of drug-likeness (QED) is 0.850. The maximum atomic E-state index is 12.1. The van der Waals surface area contributed by atoms with Crippen molar-refractivity contribution in [1.82, 2.24) is 5.32 Å². The molecule has 3 rings (SSSR count). The summed E-state index contributed by atoms with van der Waals surface area (Å²) in [4.78, 5) is 13.8. The van der Waals surface area contributed by atoms with Crippen LogP contribution in [-0.2, 0) is 4.79 Å². The third-order valence-corrected chi connectivity index (χ3v) is 3.27. The Balaban J connectivity index is 1.77. The highest BCUT2D eigenvalue weighted by Gasteiger charge is 2.33. The third kappa shape index (κ3) is 2.00. The summed E-state index contributed by atoms with van der Waals surface area (Å²) in [6, 6.07) is 8.23. The molecule has 0 saturated heterocycles. The Hall–Kier alpha value is -1.55. The van der Waals surface area contributed by atoms with Gasteiger partial charge in [0.05, 0.1) is 5.69 Å². The molecular weight excluding hydrogens is 216 g/mol. The zero-order valence-electron chi connectivity index (χ0n) is 9.85. The van der Waals surface area contributed by atoms with Gasteiger partial charge in [-0.05, 0) is 25.0 Å². The first-order valence-corrected chi connectivity index (χ1v) is 6.02. The average molecular weight is 232 g/mol. The van der Waals surface area contributed by atoms with Gasteiger partial charge in [0.1, 0.15) is 5.75 Å². The van der Waals surface area contributed by atoms with Gasteiger partial charge < -0.3 is 15.0 Å². The molecule has 0 bridgehead atoms. The zero-order valence-corrected chi connectivity index (χ0v) is 9.85. The first-order valence-electron chi connectivity index (χ1n) is 6.02. The predicted octanol–water partition coefficient (Wildman–Crippen LogP) is 1.16. The van der Waals surface area contributed by atoms with E-state index in [0.717, 1.165) is 11.4 Å². The van der Waals surface area contributed by atoms with Crippen LogP contribution in [0.5, 0.6) is 5.75 Å². The highest BCUT2D eigenvalue weighted by atomic mass is 16.5. The van der Waals surface area contributed by atoms with Crippen molar-refractivity contribution in [3.05, 3.63) is 24.3 Å². The predicted molar refractivity (Wildman–Crippen MR) is 65.3 cm³/mol. The number of hydrogen-bond donors (Lipinski definition) is 1. The Bertz CT molecular complexity index is 443. The summed E-state index contributed by atoms with van der Waals surface area (Å²) in [7, 11) is 1.80. The topological polar surface area (TPSA) is 41.6 Å². The Morgan fingerprint density at radius 1 is 1.41 bits per heavy atom. The van der Waals surface area contributed by atoms with Crippen LogP contribution >= 0.6 is 0 Å². The Labute approximate surface area is 101 Å². The first-order chi connectivity index (χ1) is 8.25. The molecule has 1 atom stereocenters. The highest BCUT2D eigenvalue weighted by Crippen LogP contribution is 2.32. The zero-order chi connectivity index (χ0) is 11.8. The van der Waals surface area contributed by atoms with E-state index in [1.807, 2.05) is 24.3 Å². The molecule has 1 unspecified atom stereocenters. The van der Waals surface area contributed by atoms with E-state index in [2.05, 4.69) is 5.32 Å². The molecule has 1 aliphatic carbocycles. The second-order valence-corrected chi connectivity index (χ2v) is 4.65. The van der Waals surface area contributed by atoms with Crippen LogP contribution in [0.25, 0.3) is 0 Å². The van der Waals surface area contributed by atoms with Crippen LogP contribution in [0.3, 0.4) is 0 Å². The Kier molecular flexibility index (Phi) is 2.52. The summed E-state index contributed by atoms with van der Waals surface area (Å²) >= 11 is 0. The molecule has 1 aliphatic heterocycles. The standard InChI is InChI=1S/C13H16N2O2/c1-15-10-4-2-3-5-11(10)17-12(13(15)16)8-14-9-6-7-9/h2-5,9,12,14H,6-8H2,1H3. The number of ether oxygens (including phenoxy) is 1. The molecule has 0 spiro atoms. The van der Waals surface area contributed by atoms with E-state index in [1.165, 1.54) is 12.8 Å². The number of benzene rings is 1. The molecular formula is C13H16N2O2. The van der Waals surface area contributed by atoms with Crippen LogP contribution in [0, 0.1) is 0 Å². The fraction of sp³-hybridized carbons (Fsp3) is 0.462. The van der Waals surface area contributed by atoms with Crippen molar-refractivity contribution in [2.45, 2.75) is 25.0 Å². The number of carbonyl (C=O) groups is 1. The number of amides is 1. The normalized spacial score (nSPS) is 23.2. The van der Waals surface area contributed by atoms with Gasteiger partial charge in [-0.1, -0.05) is 12.1 Å². The Morgan fingerprint density at radius 3 is 2.94 bits per heavy atom. The molecule has 17 heavy (non-hydrogen) atoms. The molecule has 1 N–H and O–H groups in total. The van der Waals surface area contributed by atoms with E-state index in [0.29, 0.717) is 12.6 Å². The molecule has 4 heteroatoms. The lowest BCUT2D eigenvalue weighted by Crippen LogP contribution is -2.49. The minimum Gasteiger partial charge on any atom is -0.477 e. The van der Waals surface area contributed by atoms with Gasteiger partial charge in [0.25, 0.3) is 5.91 Å². The van der Waals surface area contributed by atoms with Crippen LogP contribution in [0.2, 0.25) is 0 Å². The van der Waals surface area contributed by atoms with Crippen molar-refractivity contribution in [2.24, 2.45) is 0 Å². The molecule has 1 aromatic rings. The summed E-state index contributed by atoms with van der Waals surface area (Å²) in [6.45, 7) is 0.599. The molecule has 1 amide bonds. The molecule has 2 aliphatic rings. The van der Waals surface area contributed by atoms with Crippen LogP contribution in [-0.4, -0.2) is 31.6 Å². The van der Waals surface area contributed by atoms with Crippen LogP contribution in [0.15, 0.2) is 24.3 Å². The molecule has 4 nitrogen and oxygen atoms in total. The lowest BCUT2D eigenvalue weighted by atomic mass is 10.2. The largest absolute Gasteiger partial charge is 0.477 e. The summed E-state index contributed by atoms with van der Waals surface area (Å²) in [5.74, 6) is 0.814. The van der Waals surface area contributed by atoms with Gasteiger partial charge in [-0.15, -0.1) is 0 Å². The van der Waals surface area contributed by atoms with Crippen molar-refractivity contribution >= 4 is 11.6 Å². The second kappa shape index (κ2) is 4.04. The fourth-order valence-corrected chi connectivity index (χ4v) is 2.06. The molecule has 1 fully saturated rings. The maximum Gasteiger partial charge on any atom is 0.269 e. The van der Waals surface area contributed by atoms with E-state index >= 15 is 0 Å². The number of rotatable bonds is 3. The van der Waals surface area contributed by atoms with Gasteiger partial charge in [-0.3, -0.25) is 4.79 Å². The minimum absolute atomic E-state index is 0.0249. The van der Waals surface area contributed by atoms with E-state index in [9.17, 15) is 4.79 Å². The van der Waals surface area contributed by atoms with E-state index in [1.54, 1.807) is 11.9 Å². The number of nitrogens with zero attached hydrogens (tertiary/aromatic N) is 1. The van der Waals surface area contributed by atoms with Gasteiger partial charge in [0, 0.05) is 19.6 Å². The van der Waals surface area contributed by atoms with E-state index in [-0.39, 0.29) is 5.91 Å². The molecule has 90 valence electrons. The monoisotopic (exact) mass is 232 g/mol. The number of hydrogen-bond acceptors (Lipinski definition) is 3. The summed E-state index contributed by atoms with van der Waals surface area (Å²) in [5.41, 5.74) is 0.847. The van der Waals surface area contributed by atoms with Crippen molar-refractivity contribution in [1.29, 1.82) is 0 Å². The maximum absolute atomic E-state index is 12.1.